The normalized spacial score (nSPS) is 12.9. The number of hydrogen-bond donors (Lipinski definition) is 2. The van der Waals surface area contributed by atoms with E-state index in [1.54, 1.807) is 0 Å². The molecule has 4 nitrogen and oxygen atoms in total. The molecule has 0 aliphatic carbocycles. The summed E-state index contributed by atoms with van der Waals surface area (Å²) in [5.41, 5.74) is -4.37. The van der Waals surface area contributed by atoms with E-state index in [1.807, 2.05) is 0 Å². The maximum Gasteiger partial charge on any atom is 0.441 e. The van der Waals surface area contributed by atoms with Crippen LogP contribution in [0.3, 0.4) is 0 Å². The van der Waals surface area contributed by atoms with Crippen molar-refractivity contribution in [3.63, 3.8) is 0 Å². The van der Waals surface area contributed by atoms with Crippen LogP contribution in [0.4, 0.5) is 13.2 Å². The smallest absolute Gasteiger partial charge is 0.391 e. The molecule has 1 aromatic rings. The van der Waals surface area contributed by atoms with Crippen LogP contribution in [-0.2, 0) is 16.6 Å². The Kier molecular flexibility index (Phi) is 5.46. The maximum atomic E-state index is 11.8. The van der Waals surface area contributed by atoms with Crippen molar-refractivity contribution >= 4 is 33.1 Å². The number of thiophene rings is 1. The molecule has 0 aliphatic heterocycles. The number of rotatable bonds is 6. The minimum Gasteiger partial charge on any atom is -0.391 e. The predicted octanol–water partition coefficient (Wildman–Crippen LogP) is 1.77. The van der Waals surface area contributed by atoms with Gasteiger partial charge in [-0.15, -0.1) is 11.3 Å². The van der Waals surface area contributed by atoms with Crippen LogP contribution >= 0.6 is 23.1 Å². The van der Waals surface area contributed by atoms with E-state index >= 15 is 0 Å². The van der Waals surface area contributed by atoms with Gasteiger partial charge in [-0.1, -0.05) is 0 Å². The Bertz CT molecular complexity index is 483. The Balaban J connectivity index is 2.56. The first-order valence-corrected chi connectivity index (χ1v) is 7.98. The molecule has 0 aromatic carbocycles. The summed E-state index contributed by atoms with van der Waals surface area (Å²) in [4.78, 5) is 0.165. The zero-order valence-corrected chi connectivity index (χ0v) is 11.3. The Labute approximate surface area is 110 Å². The van der Waals surface area contributed by atoms with Crippen LogP contribution in [0.15, 0.2) is 16.3 Å². The largest absolute Gasteiger partial charge is 0.441 e. The number of thioether (sulfide) groups is 1. The number of hydrogen-bond acceptors (Lipinski definition) is 5. The molecule has 0 unspecified atom stereocenters. The third kappa shape index (κ3) is 4.76. The number of alkyl halides is 3. The van der Waals surface area contributed by atoms with Gasteiger partial charge >= 0.3 is 5.51 Å². The van der Waals surface area contributed by atoms with Gasteiger partial charge in [0.1, 0.15) is 0 Å². The van der Waals surface area contributed by atoms with Gasteiger partial charge in [-0.3, -0.25) is 0 Å². The molecule has 10 heteroatoms. The molecule has 1 rings (SSSR count). The Morgan fingerprint density at radius 3 is 2.67 bits per heavy atom. The van der Waals surface area contributed by atoms with E-state index in [1.165, 1.54) is 11.4 Å². The van der Waals surface area contributed by atoms with Gasteiger partial charge in [0.2, 0.25) is 10.0 Å². The molecule has 1 aromatic heterocycles. The molecule has 0 atom stereocenters. The highest BCUT2D eigenvalue weighted by molar-refractivity contribution is 8.00. The van der Waals surface area contributed by atoms with Crippen molar-refractivity contribution in [2.24, 2.45) is 0 Å². The molecule has 18 heavy (non-hydrogen) atoms. The number of sulfonamides is 1. The van der Waals surface area contributed by atoms with Crippen LogP contribution in [0.2, 0.25) is 0 Å². The van der Waals surface area contributed by atoms with E-state index in [9.17, 15) is 21.6 Å². The van der Waals surface area contributed by atoms with Gasteiger partial charge in [-0.25, -0.2) is 13.1 Å². The van der Waals surface area contributed by atoms with Gasteiger partial charge in [-0.2, -0.15) is 13.2 Å². The van der Waals surface area contributed by atoms with Gasteiger partial charge in [-0.05, 0) is 23.2 Å². The van der Waals surface area contributed by atoms with Gasteiger partial charge in [0, 0.05) is 17.2 Å². The summed E-state index contributed by atoms with van der Waals surface area (Å²) in [7, 11) is -3.86. The molecule has 1 heterocycles. The first-order chi connectivity index (χ1) is 8.26. The average Bonchev–Trinajstić information content (AvgIpc) is 2.72. The summed E-state index contributed by atoms with van der Waals surface area (Å²) < 4.78 is 60.9. The van der Waals surface area contributed by atoms with Crippen LogP contribution in [0.5, 0.6) is 0 Å². The van der Waals surface area contributed by atoms with Crippen LogP contribution in [0.25, 0.3) is 0 Å². The lowest BCUT2D eigenvalue weighted by Crippen LogP contribution is -2.27. The standard InChI is InChI=1S/C8H10F3NO3S3/c9-8(10,11)17-4-2-12-18(14,15)7-1-3-16-6(7)5-13/h1,3,12-13H,2,4-5H2. The summed E-state index contributed by atoms with van der Waals surface area (Å²) in [6.07, 6.45) is 0. The fourth-order valence-electron chi connectivity index (χ4n) is 1.10. The monoisotopic (exact) mass is 321 g/mol. The first-order valence-electron chi connectivity index (χ1n) is 4.64. The van der Waals surface area contributed by atoms with Crippen molar-refractivity contribution in [1.29, 1.82) is 0 Å². The van der Waals surface area contributed by atoms with Crippen LogP contribution < -0.4 is 4.72 Å². The number of nitrogens with one attached hydrogen (secondary N) is 1. The second-order valence-electron chi connectivity index (χ2n) is 3.06. The van der Waals surface area contributed by atoms with E-state index in [0.29, 0.717) is 0 Å². The molecule has 0 radical (unpaired) electrons. The van der Waals surface area contributed by atoms with E-state index in [2.05, 4.69) is 4.72 Å². The molecule has 0 aliphatic rings. The van der Waals surface area contributed by atoms with Crippen LogP contribution in [0, 0.1) is 0 Å². The third-order valence-electron chi connectivity index (χ3n) is 1.80. The minimum atomic E-state index is -4.37. The Hall–Kier alpha value is -0.290. The number of halogens is 3. The summed E-state index contributed by atoms with van der Waals surface area (Å²) in [5, 5.41) is 10.4. The van der Waals surface area contributed by atoms with Crippen molar-refractivity contribution in [1.82, 2.24) is 4.72 Å². The molecule has 0 bridgehead atoms. The molecule has 0 spiro atoms. The van der Waals surface area contributed by atoms with E-state index in [4.69, 9.17) is 5.11 Å². The average molecular weight is 321 g/mol. The predicted molar refractivity (Wildman–Crippen MR) is 63.9 cm³/mol. The number of aliphatic hydroxyl groups is 1. The summed E-state index contributed by atoms with van der Waals surface area (Å²) >= 11 is 0.773. The highest BCUT2D eigenvalue weighted by Crippen LogP contribution is 2.29. The van der Waals surface area contributed by atoms with Crippen molar-refractivity contribution in [2.75, 3.05) is 12.3 Å². The highest BCUT2D eigenvalue weighted by Gasteiger charge is 2.28. The van der Waals surface area contributed by atoms with Crippen molar-refractivity contribution in [2.45, 2.75) is 17.0 Å². The molecule has 0 amide bonds. The molecule has 0 saturated carbocycles. The van der Waals surface area contributed by atoms with Crippen molar-refractivity contribution in [3.8, 4) is 0 Å². The van der Waals surface area contributed by atoms with E-state index in [0.717, 1.165) is 11.3 Å². The lowest BCUT2D eigenvalue weighted by Gasteiger charge is -2.08. The SMILES string of the molecule is O=S(=O)(NCCSC(F)(F)F)c1ccsc1CO. The number of aliphatic hydroxyl groups excluding tert-OH is 1. The third-order valence-corrected chi connectivity index (χ3v) is 5.11. The molecular formula is C8H10F3NO3S3. The zero-order valence-electron chi connectivity index (χ0n) is 8.90. The maximum absolute atomic E-state index is 11.8. The zero-order chi connectivity index (χ0) is 13.8. The summed E-state index contributed by atoms with van der Waals surface area (Å²) in [5.74, 6) is -0.401. The second kappa shape index (κ2) is 6.24. The van der Waals surface area contributed by atoms with Crippen molar-refractivity contribution < 1.29 is 26.7 Å². The molecule has 0 fully saturated rings. The van der Waals surface area contributed by atoms with E-state index < -0.39 is 27.9 Å². The summed E-state index contributed by atoms with van der Waals surface area (Å²) in [6.45, 7) is -0.752. The Morgan fingerprint density at radius 2 is 2.11 bits per heavy atom. The lowest BCUT2D eigenvalue weighted by atomic mass is 10.5. The topological polar surface area (TPSA) is 66.4 Å². The van der Waals surface area contributed by atoms with Gasteiger partial charge in [0.25, 0.3) is 0 Å². The fraction of sp³-hybridized carbons (Fsp3) is 0.500. The quantitative estimate of drug-likeness (QED) is 0.784. The molecule has 0 saturated heterocycles. The van der Waals surface area contributed by atoms with Crippen LogP contribution in [-0.4, -0.2) is 31.3 Å². The van der Waals surface area contributed by atoms with Gasteiger partial charge in [0.05, 0.1) is 11.5 Å². The second-order valence-corrected chi connectivity index (χ2v) is 6.95. The lowest BCUT2D eigenvalue weighted by molar-refractivity contribution is -0.0327. The van der Waals surface area contributed by atoms with Gasteiger partial charge in [0.15, 0.2) is 0 Å². The molecule has 2 N–H and O–H groups in total. The Morgan fingerprint density at radius 1 is 1.44 bits per heavy atom. The molecule has 104 valence electrons. The fourth-order valence-corrected chi connectivity index (χ4v) is 3.99. The molecular weight excluding hydrogens is 311 g/mol. The highest BCUT2D eigenvalue weighted by atomic mass is 32.2. The summed E-state index contributed by atoms with van der Waals surface area (Å²) in [6, 6.07) is 1.30. The van der Waals surface area contributed by atoms with Crippen LogP contribution in [0.1, 0.15) is 4.88 Å². The first kappa shape index (κ1) is 15.8. The minimum absolute atomic E-state index is 0.0907. The van der Waals surface area contributed by atoms with E-state index in [-0.39, 0.29) is 28.1 Å². The van der Waals surface area contributed by atoms with Gasteiger partial charge < -0.3 is 5.11 Å². The van der Waals surface area contributed by atoms with Crippen molar-refractivity contribution in [3.05, 3.63) is 16.3 Å².